The predicted octanol–water partition coefficient (Wildman–Crippen LogP) is 2.28. The first-order chi connectivity index (χ1) is 9.15. The zero-order valence-electron chi connectivity index (χ0n) is 10.3. The number of halogens is 1. The Kier molecular flexibility index (Phi) is 4.18. The molecule has 1 fully saturated rings. The highest BCUT2D eigenvalue weighted by Gasteiger charge is 2.33. The van der Waals surface area contributed by atoms with Crippen molar-refractivity contribution in [3.05, 3.63) is 34.9 Å². The number of likely N-dealkylation sites (tertiary alicyclic amines) is 1. The molecule has 1 atom stereocenters. The Labute approximate surface area is 116 Å². The van der Waals surface area contributed by atoms with E-state index in [4.69, 9.17) is 16.9 Å². The number of carbonyl (C=O) groups excluding carboxylic acids is 2. The van der Waals surface area contributed by atoms with E-state index in [0.717, 1.165) is 12.8 Å². The molecular formula is C14H13ClN2O2. The number of hydrogen-bond acceptors (Lipinski definition) is 3. The van der Waals surface area contributed by atoms with Crippen LogP contribution in [0, 0.1) is 17.2 Å². The van der Waals surface area contributed by atoms with Crippen LogP contribution in [0.5, 0.6) is 0 Å². The maximum Gasteiger partial charge on any atom is 0.247 e. The van der Waals surface area contributed by atoms with E-state index in [1.807, 2.05) is 0 Å². The Morgan fingerprint density at radius 1 is 1.26 bits per heavy atom. The third-order valence-corrected chi connectivity index (χ3v) is 3.52. The summed E-state index contributed by atoms with van der Waals surface area (Å²) in [5.74, 6) is -2.23. The van der Waals surface area contributed by atoms with Gasteiger partial charge in [-0.2, -0.15) is 5.26 Å². The number of amides is 1. The van der Waals surface area contributed by atoms with Gasteiger partial charge >= 0.3 is 0 Å². The highest BCUT2D eigenvalue weighted by Crippen LogP contribution is 2.21. The number of rotatable bonds is 3. The van der Waals surface area contributed by atoms with Gasteiger partial charge in [0.05, 0.1) is 11.1 Å². The maximum absolute atomic E-state index is 12.2. The quantitative estimate of drug-likeness (QED) is 0.628. The molecule has 0 bridgehead atoms. The van der Waals surface area contributed by atoms with E-state index in [9.17, 15) is 9.59 Å². The first kappa shape index (κ1) is 13.6. The Morgan fingerprint density at radius 3 is 2.47 bits per heavy atom. The van der Waals surface area contributed by atoms with Crippen LogP contribution in [0.4, 0.5) is 0 Å². The second kappa shape index (κ2) is 5.85. The molecule has 1 saturated heterocycles. The van der Waals surface area contributed by atoms with Gasteiger partial charge in [-0.15, -0.1) is 0 Å². The molecule has 1 amide bonds. The summed E-state index contributed by atoms with van der Waals surface area (Å²) in [6, 6.07) is 8.27. The van der Waals surface area contributed by atoms with Crippen molar-refractivity contribution in [1.82, 2.24) is 4.90 Å². The van der Waals surface area contributed by atoms with Crippen molar-refractivity contribution in [2.45, 2.75) is 12.8 Å². The number of carbonyl (C=O) groups is 2. The average molecular weight is 277 g/mol. The van der Waals surface area contributed by atoms with Crippen molar-refractivity contribution < 1.29 is 9.59 Å². The third-order valence-electron chi connectivity index (χ3n) is 3.20. The van der Waals surface area contributed by atoms with Crippen LogP contribution in [0.1, 0.15) is 23.2 Å². The molecule has 1 aromatic rings. The van der Waals surface area contributed by atoms with E-state index >= 15 is 0 Å². The Bertz CT molecular complexity index is 545. The molecule has 0 aromatic heterocycles. The van der Waals surface area contributed by atoms with Crippen LogP contribution >= 0.6 is 11.6 Å². The predicted molar refractivity (Wildman–Crippen MR) is 70.7 cm³/mol. The fraction of sp³-hybridized carbons (Fsp3) is 0.357. The largest absolute Gasteiger partial charge is 0.341 e. The lowest BCUT2D eigenvalue weighted by Gasteiger charge is -2.18. The molecule has 2 rings (SSSR count). The first-order valence-corrected chi connectivity index (χ1v) is 6.50. The number of benzene rings is 1. The normalized spacial score (nSPS) is 15.9. The van der Waals surface area contributed by atoms with Crippen molar-refractivity contribution in [3.63, 3.8) is 0 Å². The number of Topliss-reactive ketones (excluding diaryl/α,β-unsaturated/α-hetero) is 1. The van der Waals surface area contributed by atoms with Crippen LogP contribution in [0.2, 0.25) is 5.02 Å². The van der Waals surface area contributed by atoms with E-state index in [-0.39, 0.29) is 10.6 Å². The average Bonchev–Trinajstić information content (AvgIpc) is 2.93. The van der Waals surface area contributed by atoms with Gasteiger partial charge in [-0.1, -0.05) is 23.7 Å². The van der Waals surface area contributed by atoms with Gasteiger partial charge in [0, 0.05) is 18.7 Å². The molecule has 5 heteroatoms. The van der Waals surface area contributed by atoms with E-state index in [2.05, 4.69) is 0 Å². The van der Waals surface area contributed by atoms with Gasteiger partial charge in [0.15, 0.2) is 11.7 Å². The van der Waals surface area contributed by atoms with Crippen molar-refractivity contribution in [2.75, 3.05) is 13.1 Å². The standard InChI is InChI=1S/C14H13ClN2O2/c15-12-6-2-1-5-10(12)13(18)11(9-16)14(19)17-7-3-4-8-17/h1-2,5-6,11H,3-4,7-8H2. The van der Waals surface area contributed by atoms with Gasteiger partial charge in [0.2, 0.25) is 5.91 Å². The lowest BCUT2D eigenvalue weighted by molar-refractivity contribution is -0.131. The monoisotopic (exact) mass is 276 g/mol. The Hall–Kier alpha value is -1.86. The molecule has 98 valence electrons. The van der Waals surface area contributed by atoms with Gasteiger partial charge in [0.25, 0.3) is 0 Å². The maximum atomic E-state index is 12.2. The van der Waals surface area contributed by atoms with Crippen LogP contribution in [-0.2, 0) is 4.79 Å². The van der Waals surface area contributed by atoms with Crippen LogP contribution in [0.15, 0.2) is 24.3 Å². The fourth-order valence-electron chi connectivity index (χ4n) is 2.16. The number of nitrogens with zero attached hydrogens (tertiary/aromatic N) is 2. The lowest BCUT2D eigenvalue weighted by Crippen LogP contribution is -2.37. The van der Waals surface area contributed by atoms with Gasteiger partial charge in [-0.25, -0.2) is 0 Å². The van der Waals surface area contributed by atoms with E-state index in [0.29, 0.717) is 13.1 Å². The molecule has 1 unspecified atom stereocenters. The minimum Gasteiger partial charge on any atom is -0.341 e. The van der Waals surface area contributed by atoms with Gasteiger partial charge in [0.1, 0.15) is 0 Å². The molecule has 0 N–H and O–H groups in total. The highest BCUT2D eigenvalue weighted by atomic mass is 35.5. The van der Waals surface area contributed by atoms with Gasteiger partial charge in [-0.05, 0) is 25.0 Å². The second-order valence-electron chi connectivity index (χ2n) is 4.44. The minimum atomic E-state index is -1.29. The summed E-state index contributed by atoms with van der Waals surface area (Å²) in [6.45, 7) is 1.24. The fourth-order valence-corrected chi connectivity index (χ4v) is 2.39. The Morgan fingerprint density at radius 2 is 1.89 bits per heavy atom. The molecule has 0 saturated carbocycles. The topological polar surface area (TPSA) is 61.2 Å². The summed E-state index contributed by atoms with van der Waals surface area (Å²) in [5.41, 5.74) is 0.225. The third kappa shape index (κ3) is 2.77. The molecular weight excluding hydrogens is 264 g/mol. The van der Waals surface area contributed by atoms with Crippen LogP contribution < -0.4 is 0 Å². The summed E-state index contributed by atoms with van der Waals surface area (Å²) in [5, 5.41) is 9.38. The molecule has 1 aliphatic heterocycles. The first-order valence-electron chi connectivity index (χ1n) is 6.12. The van der Waals surface area contributed by atoms with E-state index in [1.54, 1.807) is 29.2 Å². The van der Waals surface area contributed by atoms with Crippen molar-refractivity contribution in [3.8, 4) is 6.07 Å². The molecule has 19 heavy (non-hydrogen) atoms. The summed E-state index contributed by atoms with van der Waals surface area (Å²) in [7, 11) is 0. The number of hydrogen-bond donors (Lipinski definition) is 0. The zero-order valence-corrected chi connectivity index (χ0v) is 11.1. The highest BCUT2D eigenvalue weighted by molar-refractivity contribution is 6.34. The molecule has 1 aromatic carbocycles. The summed E-state index contributed by atoms with van der Waals surface area (Å²) < 4.78 is 0. The van der Waals surface area contributed by atoms with Gasteiger partial charge < -0.3 is 4.90 Å². The Balaban J connectivity index is 2.23. The van der Waals surface area contributed by atoms with Gasteiger partial charge in [-0.3, -0.25) is 9.59 Å². The van der Waals surface area contributed by atoms with Crippen molar-refractivity contribution in [2.24, 2.45) is 5.92 Å². The number of nitriles is 1. The molecule has 4 nitrogen and oxygen atoms in total. The van der Waals surface area contributed by atoms with Crippen molar-refractivity contribution >= 4 is 23.3 Å². The molecule has 0 aliphatic carbocycles. The summed E-state index contributed by atoms with van der Waals surface area (Å²) >= 11 is 5.93. The molecule has 0 spiro atoms. The van der Waals surface area contributed by atoms with Crippen molar-refractivity contribution in [1.29, 1.82) is 5.26 Å². The zero-order chi connectivity index (χ0) is 13.8. The van der Waals surface area contributed by atoms with Crippen LogP contribution in [0.25, 0.3) is 0 Å². The molecule has 1 aliphatic rings. The lowest BCUT2D eigenvalue weighted by atomic mass is 9.97. The summed E-state index contributed by atoms with van der Waals surface area (Å²) in [4.78, 5) is 26.0. The number of ketones is 1. The van der Waals surface area contributed by atoms with Crippen LogP contribution in [-0.4, -0.2) is 29.7 Å². The molecule has 0 radical (unpaired) electrons. The van der Waals surface area contributed by atoms with Crippen LogP contribution in [0.3, 0.4) is 0 Å². The second-order valence-corrected chi connectivity index (χ2v) is 4.85. The van der Waals surface area contributed by atoms with E-state index < -0.39 is 17.6 Å². The van der Waals surface area contributed by atoms with E-state index in [1.165, 1.54) is 6.07 Å². The molecule has 1 heterocycles. The summed E-state index contributed by atoms with van der Waals surface area (Å²) in [6.07, 6.45) is 1.84. The smallest absolute Gasteiger partial charge is 0.247 e. The SMILES string of the molecule is N#CC(C(=O)c1ccccc1Cl)C(=O)N1CCCC1. The minimum absolute atomic E-state index is 0.225.